The Bertz CT molecular complexity index is 1330. The molecule has 0 saturated carbocycles. The molecule has 0 spiro atoms. The van der Waals surface area contributed by atoms with Gasteiger partial charge in [0.25, 0.3) is 11.5 Å². The summed E-state index contributed by atoms with van der Waals surface area (Å²) < 4.78 is 15.3. The highest BCUT2D eigenvalue weighted by molar-refractivity contribution is 6.03. The summed E-state index contributed by atoms with van der Waals surface area (Å²) in [6, 6.07) is 15.8. The number of rotatable bonds is 9. The fourth-order valence-electron chi connectivity index (χ4n) is 4.84. The molecule has 9 nitrogen and oxygen atoms in total. The lowest BCUT2D eigenvalue weighted by Gasteiger charge is -2.36. The first-order chi connectivity index (χ1) is 17.9. The number of carbonyl (C=O) groups is 1. The quantitative estimate of drug-likeness (QED) is 0.382. The maximum atomic E-state index is 13.9. The second kappa shape index (κ2) is 11.5. The second-order valence-electron chi connectivity index (χ2n) is 8.97. The number of aliphatic hydroxyl groups is 1. The predicted octanol–water partition coefficient (Wildman–Crippen LogP) is 3.58. The van der Waals surface area contributed by atoms with Crippen molar-refractivity contribution in [2.24, 2.45) is 13.0 Å². The molecule has 4 rings (SSSR count). The van der Waals surface area contributed by atoms with E-state index in [0.717, 1.165) is 11.4 Å². The van der Waals surface area contributed by atoms with E-state index in [4.69, 9.17) is 9.47 Å². The van der Waals surface area contributed by atoms with Crippen molar-refractivity contribution >= 4 is 11.6 Å². The van der Waals surface area contributed by atoms with Crippen LogP contribution in [-0.4, -0.2) is 45.0 Å². The number of phenolic OH excluding ortho intramolecular Hbond substituents is 1. The van der Waals surface area contributed by atoms with E-state index in [2.05, 4.69) is 5.32 Å². The number of hydrogen-bond acceptors (Lipinski definition) is 6. The minimum atomic E-state index is -0.805. The lowest BCUT2D eigenvalue weighted by atomic mass is 9.80. The number of nitrogens with zero attached hydrogens (tertiary/aromatic N) is 2. The molecule has 1 aromatic heterocycles. The van der Waals surface area contributed by atoms with E-state index in [1.807, 2.05) is 51.2 Å². The molecule has 2 aromatic carbocycles. The van der Waals surface area contributed by atoms with E-state index in [0.29, 0.717) is 25.0 Å². The fourth-order valence-corrected chi connectivity index (χ4v) is 4.84. The van der Waals surface area contributed by atoms with Gasteiger partial charge in [-0.05, 0) is 57.0 Å². The maximum absolute atomic E-state index is 13.9. The minimum Gasteiger partial charge on any atom is -0.506 e. The third-order valence-electron chi connectivity index (χ3n) is 6.72. The van der Waals surface area contributed by atoms with Crippen molar-refractivity contribution in [3.8, 4) is 11.4 Å². The zero-order chi connectivity index (χ0) is 26.5. The van der Waals surface area contributed by atoms with Gasteiger partial charge in [-0.15, -0.1) is 0 Å². The number of nitrogens with one attached hydrogen (secondary N) is 1. The molecule has 1 aliphatic rings. The van der Waals surface area contributed by atoms with Crippen molar-refractivity contribution in [1.29, 1.82) is 0 Å². The number of hydrogen-bond donors (Lipinski definition) is 3. The van der Waals surface area contributed by atoms with Crippen molar-refractivity contribution in [1.82, 2.24) is 9.36 Å². The van der Waals surface area contributed by atoms with Crippen molar-refractivity contribution in [3.05, 3.63) is 88.0 Å². The largest absolute Gasteiger partial charge is 0.506 e. The Hall–Kier alpha value is -3.82. The molecule has 1 aliphatic heterocycles. The van der Waals surface area contributed by atoms with Gasteiger partial charge in [0.05, 0.1) is 11.4 Å². The molecule has 0 bridgehead atoms. The van der Waals surface area contributed by atoms with Gasteiger partial charge >= 0.3 is 0 Å². The number of amides is 1. The summed E-state index contributed by atoms with van der Waals surface area (Å²) in [5.41, 5.74) is 2.06. The molecule has 3 aromatic rings. The summed E-state index contributed by atoms with van der Waals surface area (Å²) >= 11 is 0. The summed E-state index contributed by atoms with van der Waals surface area (Å²) in [7, 11) is 1.82. The van der Waals surface area contributed by atoms with Gasteiger partial charge < -0.3 is 25.0 Å². The molecule has 2 heterocycles. The first-order valence-electron chi connectivity index (χ1n) is 12.4. The number of ether oxygens (including phenoxy) is 2. The third-order valence-corrected chi connectivity index (χ3v) is 6.72. The lowest BCUT2D eigenvalue weighted by molar-refractivity contribution is -0.165. The molecular formula is C28H33N3O6. The van der Waals surface area contributed by atoms with Crippen LogP contribution < -0.4 is 10.9 Å². The van der Waals surface area contributed by atoms with Gasteiger partial charge in [0, 0.05) is 43.4 Å². The van der Waals surface area contributed by atoms with Crippen LogP contribution in [-0.2, 0) is 21.3 Å². The third kappa shape index (κ3) is 5.33. The highest BCUT2D eigenvalue weighted by atomic mass is 16.7. The van der Waals surface area contributed by atoms with Gasteiger partial charge in [-0.2, -0.15) is 0 Å². The second-order valence-corrected chi connectivity index (χ2v) is 8.97. The molecule has 196 valence electrons. The molecule has 3 atom stereocenters. The monoisotopic (exact) mass is 507 g/mol. The Morgan fingerprint density at radius 3 is 2.51 bits per heavy atom. The number of aromatic nitrogens is 2. The van der Waals surface area contributed by atoms with Crippen molar-refractivity contribution in [2.75, 3.05) is 18.5 Å². The summed E-state index contributed by atoms with van der Waals surface area (Å²) in [6.07, 6.45) is 1.86. The zero-order valence-corrected chi connectivity index (χ0v) is 21.3. The molecule has 3 N–H and O–H groups in total. The Morgan fingerprint density at radius 1 is 1.14 bits per heavy atom. The highest BCUT2D eigenvalue weighted by Crippen LogP contribution is 2.40. The van der Waals surface area contributed by atoms with Crippen LogP contribution in [0.1, 0.15) is 36.9 Å². The topological polar surface area (TPSA) is 115 Å². The molecule has 0 saturated heterocycles. The van der Waals surface area contributed by atoms with Gasteiger partial charge in [-0.3, -0.25) is 14.3 Å². The highest BCUT2D eigenvalue weighted by Gasteiger charge is 2.40. The van der Waals surface area contributed by atoms with Crippen LogP contribution in [0.3, 0.4) is 0 Å². The maximum Gasteiger partial charge on any atom is 0.290 e. The number of allylic oxidation sites excluding steroid dienone is 1. The summed E-state index contributed by atoms with van der Waals surface area (Å²) in [4.78, 5) is 27.1. The average molecular weight is 508 g/mol. The predicted molar refractivity (Wildman–Crippen MR) is 140 cm³/mol. The molecule has 0 fully saturated rings. The molecule has 0 aliphatic carbocycles. The molecule has 0 radical (unpaired) electrons. The van der Waals surface area contributed by atoms with Crippen LogP contribution in [0.4, 0.5) is 5.69 Å². The number of para-hydroxylation sites is 3. The average Bonchev–Trinajstić information content (AvgIpc) is 3.12. The standard InChI is InChI=1S/C28H33N3O6/c1-4-36-28-20(13-10-16-32)21(17-24(37-28)26(34)29-22-14-8-9-15-23(22)33)25-18(2)30(3)31(27(25)35)19-11-6-5-7-12-19/h5-9,11-12,14-15,17,20-21,28,32-33H,4,10,13,16H2,1-3H3,(H,29,34)/t20-,21+,28-/m1/s1. The zero-order valence-electron chi connectivity index (χ0n) is 21.3. The van der Waals surface area contributed by atoms with E-state index < -0.39 is 18.1 Å². The van der Waals surface area contributed by atoms with E-state index in [1.54, 1.807) is 33.6 Å². The first-order valence-corrected chi connectivity index (χ1v) is 12.4. The van der Waals surface area contributed by atoms with E-state index in [9.17, 15) is 19.8 Å². The van der Waals surface area contributed by atoms with Crippen molar-refractivity contribution < 1.29 is 24.5 Å². The normalized spacial score (nSPS) is 19.2. The number of aliphatic hydroxyl groups excluding tert-OH is 1. The molecule has 37 heavy (non-hydrogen) atoms. The van der Waals surface area contributed by atoms with Crippen LogP contribution in [0.5, 0.6) is 5.75 Å². The van der Waals surface area contributed by atoms with Crippen LogP contribution in [0, 0.1) is 12.8 Å². The Morgan fingerprint density at radius 2 is 1.84 bits per heavy atom. The Labute approximate surface area is 215 Å². The lowest BCUT2D eigenvalue weighted by Crippen LogP contribution is -2.39. The summed E-state index contributed by atoms with van der Waals surface area (Å²) in [5.74, 6) is -1.46. The van der Waals surface area contributed by atoms with Gasteiger partial charge in [-0.25, -0.2) is 4.68 Å². The number of anilines is 1. The smallest absolute Gasteiger partial charge is 0.290 e. The minimum absolute atomic E-state index is 0.000802. The van der Waals surface area contributed by atoms with Gasteiger partial charge in [0.15, 0.2) is 5.76 Å². The van der Waals surface area contributed by atoms with Crippen LogP contribution >= 0.6 is 0 Å². The summed E-state index contributed by atoms with van der Waals surface area (Å²) in [6.45, 7) is 4.02. The molecule has 9 heteroatoms. The SMILES string of the molecule is CCO[C@@H]1OC(C(=O)Nc2ccccc2O)=C[C@H](c2c(C)n(C)n(-c3ccccc3)c2=O)[C@H]1CCCO. The molecule has 0 unspecified atom stereocenters. The van der Waals surface area contributed by atoms with Crippen molar-refractivity contribution in [3.63, 3.8) is 0 Å². The fraction of sp³-hybridized carbons (Fsp3) is 0.357. The first kappa shape index (κ1) is 26.2. The van der Waals surface area contributed by atoms with Crippen molar-refractivity contribution in [2.45, 2.75) is 38.9 Å². The summed E-state index contributed by atoms with van der Waals surface area (Å²) in [5, 5.41) is 22.3. The van der Waals surface area contributed by atoms with E-state index in [-0.39, 0.29) is 35.3 Å². The number of benzene rings is 2. The Balaban J connectivity index is 1.82. The number of carbonyl (C=O) groups excluding carboxylic acids is 1. The van der Waals surface area contributed by atoms with Crippen LogP contribution in [0.15, 0.2) is 71.2 Å². The number of phenols is 1. The van der Waals surface area contributed by atoms with Gasteiger partial charge in [-0.1, -0.05) is 30.3 Å². The molecular weight excluding hydrogens is 474 g/mol. The molecule has 1 amide bonds. The Kier molecular flexibility index (Phi) is 8.15. The van der Waals surface area contributed by atoms with Gasteiger partial charge in [0.2, 0.25) is 6.29 Å². The number of aromatic hydroxyl groups is 1. The van der Waals surface area contributed by atoms with Crippen LogP contribution in [0.25, 0.3) is 5.69 Å². The van der Waals surface area contributed by atoms with E-state index >= 15 is 0 Å². The van der Waals surface area contributed by atoms with Gasteiger partial charge in [0.1, 0.15) is 5.75 Å². The van der Waals surface area contributed by atoms with E-state index in [1.165, 1.54) is 6.07 Å². The van der Waals surface area contributed by atoms with Crippen LogP contribution in [0.2, 0.25) is 0 Å².